The molecule has 0 N–H and O–H groups in total. The minimum absolute atomic E-state index is 0.528. The van der Waals surface area contributed by atoms with Crippen molar-refractivity contribution in [2.75, 3.05) is 26.4 Å². The van der Waals surface area contributed by atoms with Gasteiger partial charge in [-0.2, -0.15) is 0 Å². The third-order valence-electron chi connectivity index (χ3n) is 3.27. The van der Waals surface area contributed by atoms with Gasteiger partial charge in [-0.05, 0) is 38.5 Å². The van der Waals surface area contributed by atoms with Crippen LogP contribution in [0.5, 0.6) is 0 Å². The molecule has 0 aromatic carbocycles. The summed E-state index contributed by atoms with van der Waals surface area (Å²) in [6.07, 6.45) is 8.69. The zero-order chi connectivity index (χ0) is 10.3. The molecular formula is C12H22O3. The van der Waals surface area contributed by atoms with Gasteiger partial charge in [-0.1, -0.05) is 0 Å². The first-order valence-corrected chi connectivity index (χ1v) is 6.26. The summed E-state index contributed by atoms with van der Waals surface area (Å²) in [6, 6.07) is 0. The summed E-state index contributed by atoms with van der Waals surface area (Å²) in [7, 11) is 0. The van der Waals surface area contributed by atoms with E-state index in [9.17, 15) is 0 Å². The van der Waals surface area contributed by atoms with E-state index < -0.39 is 0 Å². The van der Waals surface area contributed by atoms with E-state index >= 15 is 0 Å². The first kappa shape index (κ1) is 11.4. The van der Waals surface area contributed by atoms with E-state index in [2.05, 4.69) is 0 Å². The van der Waals surface area contributed by atoms with Gasteiger partial charge in [0.2, 0.25) is 0 Å². The molecule has 2 fully saturated rings. The van der Waals surface area contributed by atoms with E-state index in [1.165, 1.54) is 38.5 Å². The average Bonchev–Trinajstić information content (AvgIpc) is 2.09. The molecule has 0 saturated heterocycles. The Morgan fingerprint density at radius 3 is 1.47 bits per heavy atom. The van der Waals surface area contributed by atoms with Crippen molar-refractivity contribution in [3.63, 3.8) is 0 Å². The van der Waals surface area contributed by atoms with Crippen LogP contribution in [0.4, 0.5) is 0 Å². The third kappa shape index (κ3) is 4.09. The second-order valence-corrected chi connectivity index (χ2v) is 4.46. The van der Waals surface area contributed by atoms with Crippen molar-refractivity contribution < 1.29 is 14.2 Å². The lowest BCUT2D eigenvalue weighted by atomic mass is 9.96. The van der Waals surface area contributed by atoms with Crippen LogP contribution in [0.3, 0.4) is 0 Å². The summed E-state index contributed by atoms with van der Waals surface area (Å²) in [4.78, 5) is 0. The number of hydrogen-bond donors (Lipinski definition) is 0. The van der Waals surface area contributed by atoms with Crippen molar-refractivity contribution in [1.29, 1.82) is 0 Å². The maximum absolute atomic E-state index is 5.57. The quantitative estimate of drug-likeness (QED) is 0.579. The van der Waals surface area contributed by atoms with Crippen molar-refractivity contribution in [2.45, 2.75) is 50.7 Å². The first-order chi connectivity index (χ1) is 7.45. The molecule has 0 radical (unpaired) electrons. The van der Waals surface area contributed by atoms with Crippen LogP contribution in [-0.4, -0.2) is 38.6 Å². The molecular weight excluding hydrogens is 192 g/mol. The van der Waals surface area contributed by atoms with Crippen LogP contribution in [0.2, 0.25) is 0 Å². The summed E-state index contributed by atoms with van der Waals surface area (Å²) in [6.45, 7) is 2.91. The van der Waals surface area contributed by atoms with Gasteiger partial charge in [0.25, 0.3) is 0 Å². The number of hydrogen-bond acceptors (Lipinski definition) is 3. The van der Waals surface area contributed by atoms with Gasteiger partial charge in [-0.3, -0.25) is 0 Å². The van der Waals surface area contributed by atoms with Crippen molar-refractivity contribution in [3.05, 3.63) is 0 Å². The van der Waals surface area contributed by atoms with Crippen LogP contribution < -0.4 is 0 Å². The monoisotopic (exact) mass is 214 g/mol. The van der Waals surface area contributed by atoms with Crippen molar-refractivity contribution in [3.8, 4) is 0 Å². The molecule has 0 unspecified atom stereocenters. The summed E-state index contributed by atoms with van der Waals surface area (Å²) in [5.41, 5.74) is 0. The van der Waals surface area contributed by atoms with Gasteiger partial charge in [0.15, 0.2) is 0 Å². The van der Waals surface area contributed by atoms with Crippen molar-refractivity contribution >= 4 is 0 Å². The highest BCUT2D eigenvalue weighted by molar-refractivity contribution is 4.69. The molecule has 3 heteroatoms. The maximum atomic E-state index is 5.57. The fourth-order valence-corrected chi connectivity index (χ4v) is 1.72. The van der Waals surface area contributed by atoms with E-state index in [4.69, 9.17) is 14.2 Å². The van der Waals surface area contributed by atoms with Gasteiger partial charge < -0.3 is 14.2 Å². The second kappa shape index (κ2) is 6.46. The lowest BCUT2D eigenvalue weighted by molar-refractivity contribution is -0.0542. The predicted octanol–water partition coefficient (Wildman–Crippen LogP) is 2.14. The molecule has 15 heavy (non-hydrogen) atoms. The Labute approximate surface area is 92.1 Å². The molecule has 0 aromatic rings. The second-order valence-electron chi connectivity index (χ2n) is 4.46. The van der Waals surface area contributed by atoms with E-state index in [1.54, 1.807) is 0 Å². The summed E-state index contributed by atoms with van der Waals surface area (Å²) < 4.78 is 16.6. The standard InChI is InChI=1S/C12H22O3/c1-3-11(4-1)14-9-7-13-8-10-15-12-5-2-6-12/h11-12H,1-10H2. The molecule has 0 heterocycles. The van der Waals surface area contributed by atoms with Crippen LogP contribution in [0.25, 0.3) is 0 Å². The van der Waals surface area contributed by atoms with Crippen LogP contribution >= 0.6 is 0 Å². The van der Waals surface area contributed by atoms with Crippen LogP contribution in [0, 0.1) is 0 Å². The number of ether oxygens (including phenoxy) is 3. The third-order valence-corrected chi connectivity index (χ3v) is 3.27. The highest BCUT2D eigenvalue weighted by Crippen LogP contribution is 2.22. The largest absolute Gasteiger partial charge is 0.377 e. The van der Waals surface area contributed by atoms with E-state index in [0.29, 0.717) is 25.4 Å². The highest BCUT2D eigenvalue weighted by atomic mass is 16.5. The topological polar surface area (TPSA) is 27.7 Å². The Kier molecular flexibility index (Phi) is 4.90. The Morgan fingerprint density at radius 2 is 1.13 bits per heavy atom. The first-order valence-electron chi connectivity index (χ1n) is 6.26. The molecule has 88 valence electrons. The molecule has 0 aromatic heterocycles. The smallest absolute Gasteiger partial charge is 0.0704 e. The predicted molar refractivity (Wildman–Crippen MR) is 58.0 cm³/mol. The van der Waals surface area contributed by atoms with Crippen molar-refractivity contribution in [2.24, 2.45) is 0 Å². The minimum atomic E-state index is 0.528. The molecule has 0 bridgehead atoms. The molecule has 0 amide bonds. The zero-order valence-electron chi connectivity index (χ0n) is 9.45. The Morgan fingerprint density at radius 1 is 0.667 bits per heavy atom. The van der Waals surface area contributed by atoms with Crippen LogP contribution in [0.15, 0.2) is 0 Å². The highest BCUT2D eigenvalue weighted by Gasteiger charge is 2.18. The summed E-state index contributed by atoms with van der Waals surface area (Å²) >= 11 is 0. The van der Waals surface area contributed by atoms with Crippen LogP contribution in [-0.2, 0) is 14.2 Å². The molecule has 0 spiro atoms. The van der Waals surface area contributed by atoms with Gasteiger partial charge >= 0.3 is 0 Å². The molecule has 3 nitrogen and oxygen atoms in total. The van der Waals surface area contributed by atoms with Gasteiger partial charge in [-0.15, -0.1) is 0 Å². The molecule has 0 atom stereocenters. The SMILES string of the molecule is C1CC(OCCOCCOC2CCC2)C1. The van der Waals surface area contributed by atoms with Gasteiger partial charge in [0, 0.05) is 0 Å². The van der Waals surface area contributed by atoms with Gasteiger partial charge in [-0.25, -0.2) is 0 Å². The minimum Gasteiger partial charge on any atom is -0.377 e. The Bertz CT molecular complexity index is 146. The normalized spacial score (nSPS) is 22.4. The van der Waals surface area contributed by atoms with E-state index in [0.717, 1.165) is 13.2 Å². The Hall–Kier alpha value is -0.120. The lowest BCUT2D eigenvalue weighted by Gasteiger charge is -2.26. The summed E-state index contributed by atoms with van der Waals surface area (Å²) in [5.74, 6) is 0. The Balaban J connectivity index is 1.29. The van der Waals surface area contributed by atoms with Crippen molar-refractivity contribution in [1.82, 2.24) is 0 Å². The molecule has 2 aliphatic carbocycles. The van der Waals surface area contributed by atoms with E-state index in [1.807, 2.05) is 0 Å². The molecule has 2 rings (SSSR count). The summed E-state index contributed by atoms with van der Waals surface area (Å²) in [5, 5.41) is 0. The lowest BCUT2D eigenvalue weighted by Crippen LogP contribution is -2.25. The van der Waals surface area contributed by atoms with Crippen LogP contribution in [0.1, 0.15) is 38.5 Å². The van der Waals surface area contributed by atoms with E-state index in [-0.39, 0.29) is 0 Å². The van der Waals surface area contributed by atoms with Gasteiger partial charge in [0.05, 0.1) is 38.6 Å². The van der Waals surface area contributed by atoms with Gasteiger partial charge in [0.1, 0.15) is 0 Å². The molecule has 2 saturated carbocycles. The fraction of sp³-hybridized carbons (Fsp3) is 1.00. The number of rotatable bonds is 8. The maximum Gasteiger partial charge on any atom is 0.0704 e. The fourth-order valence-electron chi connectivity index (χ4n) is 1.72. The zero-order valence-corrected chi connectivity index (χ0v) is 9.45. The average molecular weight is 214 g/mol. The molecule has 0 aliphatic heterocycles. The molecule has 2 aliphatic rings.